The number of para-hydroxylation sites is 1. The van der Waals surface area contributed by atoms with Crippen LogP contribution >= 0.6 is 0 Å². The molecule has 5 heteroatoms. The molecule has 2 N–H and O–H groups in total. The first-order chi connectivity index (χ1) is 10.0. The van der Waals surface area contributed by atoms with Gasteiger partial charge in [-0.25, -0.2) is 0 Å². The minimum Gasteiger partial charge on any atom is -0.320 e. The fourth-order valence-corrected chi connectivity index (χ4v) is 2.41. The summed E-state index contributed by atoms with van der Waals surface area (Å²) in [4.78, 5) is 12.4. The normalized spacial score (nSPS) is 12.2. The first kappa shape index (κ1) is 15.3. The van der Waals surface area contributed by atoms with E-state index in [1.165, 1.54) is 0 Å². The Labute approximate surface area is 125 Å². The number of carbonyl (C=O) groups is 1. The number of rotatable bonds is 5. The summed E-state index contributed by atoms with van der Waals surface area (Å²) >= 11 is 0. The molecule has 0 spiro atoms. The highest BCUT2D eigenvalue weighted by molar-refractivity contribution is 6.03. The summed E-state index contributed by atoms with van der Waals surface area (Å²) in [6.07, 6.45) is 0. The van der Waals surface area contributed by atoms with E-state index in [1.54, 1.807) is 17.8 Å². The van der Waals surface area contributed by atoms with Crippen LogP contribution in [0.25, 0.3) is 0 Å². The lowest BCUT2D eigenvalue weighted by Gasteiger charge is -2.17. The first-order valence-corrected chi connectivity index (χ1v) is 7.17. The second-order valence-electron chi connectivity index (χ2n) is 5.12. The van der Waals surface area contributed by atoms with Crippen molar-refractivity contribution in [3.05, 3.63) is 47.3 Å². The molecule has 1 aromatic carbocycles. The maximum atomic E-state index is 12.4. The van der Waals surface area contributed by atoms with Gasteiger partial charge in [-0.15, -0.1) is 0 Å². The van der Waals surface area contributed by atoms with Gasteiger partial charge in [-0.3, -0.25) is 9.48 Å². The number of aromatic nitrogens is 2. The van der Waals surface area contributed by atoms with Crippen LogP contribution in [0.4, 0.5) is 5.69 Å². The lowest BCUT2D eigenvalue weighted by Crippen LogP contribution is -2.21. The number of hydrogen-bond donors (Lipinski definition) is 2. The molecule has 0 aliphatic rings. The molecule has 0 fully saturated rings. The van der Waals surface area contributed by atoms with E-state index < -0.39 is 0 Å². The Morgan fingerprint density at radius 2 is 2.10 bits per heavy atom. The molecule has 2 aromatic rings. The fourth-order valence-electron chi connectivity index (χ4n) is 2.41. The van der Waals surface area contributed by atoms with E-state index in [2.05, 4.69) is 29.6 Å². The highest BCUT2D eigenvalue weighted by atomic mass is 16.2. The van der Waals surface area contributed by atoms with Crippen LogP contribution in [0.2, 0.25) is 0 Å². The van der Waals surface area contributed by atoms with Crippen molar-refractivity contribution in [3.63, 3.8) is 0 Å². The molecule has 0 aliphatic carbocycles. The first-order valence-electron chi connectivity index (χ1n) is 7.17. The molecular weight excluding hydrogens is 264 g/mol. The SMILES string of the molecule is CCNC(C)c1ccccc1NC(=O)c1cc(C)nn1C. The third kappa shape index (κ3) is 3.49. The molecule has 0 radical (unpaired) electrons. The van der Waals surface area contributed by atoms with Crippen LogP contribution in [0.5, 0.6) is 0 Å². The summed E-state index contributed by atoms with van der Waals surface area (Å²) in [5, 5.41) is 10.5. The largest absolute Gasteiger partial charge is 0.320 e. The van der Waals surface area contributed by atoms with Crippen LogP contribution in [0.3, 0.4) is 0 Å². The third-order valence-corrected chi connectivity index (χ3v) is 3.42. The van der Waals surface area contributed by atoms with Gasteiger partial charge in [-0.2, -0.15) is 5.10 Å². The zero-order valence-electron chi connectivity index (χ0n) is 13.0. The van der Waals surface area contributed by atoms with Gasteiger partial charge in [-0.1, -0.05) is 25.1 Å². The number of carbonyl (C=O) groups excluding carboxylic acids is 1. The van der Waals surface area contributed by atoms with Gasteiger partial charge >= 0.3 is 0 Å². The molecule has 0 aliphatic heterocycles. The Morgan fingerprint density at radius 1 is 1.38 bits per heavy atom. The van der Waals surface area contributed by atoms with E-state index in [4.69, 9.17) is 0 Å². The zero-order valence-corrected chi connectivity index (χ0v) is 13.0. The molecule has 2 rings (SSSR count). The van der Waals surface area contributed by atoms with E-state index in [0.717, 1.165) is 23.5 Å². The molecule has 1 unspecified atom stereocenters. The second-order valence-corrected chi connectivity index (χ2v) is 5.12. The average molecular weight is 286 g/mol. The number of amides is 1. The van der Waals surface area contributed by atoms with Crippen molar-refractivity contribution in [1.29, 1.82) is 0 Å². The topological polar surface area (TPSA) is 58.9 Å². The van der Waals surface area contributed by atoms with Crippen LogP contribution in [-0.2, 0) is 7.05 Å². The van der Waals surface area contributed by atoms with Gasteiger partial charge in [0.15, 0.2) is 0 Å². The van der Waals surface area contributed by atoms with Gasteiger partial charge in [0, 0.05) is 18.8 Å². The van der Waals surface area contributed by atoms with Crippen molar-refractivity contribution >= 4 is 11.6 Å². The quantitative estimate of drug-likeness (QED) is 0.888. The molecule has 0 bridgehead atoms. The molecule has 5 nitrogen and oxygen atoms in total. The predicted molar refractivity (Wildman–Crippen MR) is 84.4 cm³/mol. The van der Waals surface area contributed by atoms with E-state index in [1.807, 2.05) is 31.2 Å². The van der Waals surface area contributed by atoms with E-state index in [-0.39, 0.29) is 11.9 Å². The van der Waals surface area contributed by atoms with Gasteiger partial charge in [0.05, 0.1) is 5.69 Å². The number of benzene rings is 1. The Balaban J connectivity index is 2.23. The van der Waals surface area contributed by atoms with Crippen molar-refractivity contribution in [2.75, 3.05) is 11.9 Å². The number of aryl methyl sites for hydroxylation is 2. The summed E-state index contributed by atoms with van der Waals surface area (Å²) in [5.74, 6) is -0.144. The summed E-state index contributed by atoms with van der Waals surface area (Å²) < 4.78 is 1.60. The summed E-state index contributed by atoms with van der Waals surface area (Å²) in [6.45, 7) is 6.90. The van der Waals surface area contributed by atoms with Crippen molar-refractivity contribution in [1.82, 2.24) is 15.1 Å². The van der Waals surface area contributed by atoms with Crippen LogP contribution in [0.15, 0.2) is 30.3 Å². The molecule has 1 aromatic heterocycles. The van der Waals surface area contributed by atoms with Crippen molar-refractivity contribution in [3.8, 4) is 0 Å². The van der Waals surface area contributed by atoms with E-state index in [0.29, 0.717) is 5.69 Å². The highest BCUT2D eigenvalue weighted by Crippen LogP contribution is 2.23. The Kier molecular flexibility index (Phi) is 4.75. The number of nitrogens with zero attached hydrogens (tertiary/aromatic N) is 2. The Hall–Kier alpha value is -2.14. The lowest BCUT2D eigenvalue weighted by molar-refractivity contribution is 0.101. The Morgan fingerprint density at radius 3 is 2.71 bits per heavy atom. The van der Waals surface area contributed by atoms with E-state index in [9.17, 15) is 4.79 Å². The molecular formula is C16H22N4O. The molecule has 21 heavy (non-hydrogen) atoms. The third-order valence-electron chi connectivity index (χ3n) is 3.42. The van der Waals surface area contributed by atoms with Gasteiger partial charge in [-0.05, 0) is 38.1 Å². The van der Waals surface area contributed by atoms with Crippen LogP contribution in [-0.4, -0.2) is 22.2 Å². The van der Waals surface area contributed by atoms with E-state index >= 15 is 0 Å². The Bertz CT molecular complexity index is 633. The minimum atomic E-state index is -0.144. The summed E-state index contributed by atoms with van der Waals surface area (Å²) in [5.41, 5.74) is 3.29. The standard InChI is InChI=1S/C16H22N4O/c1-5-17-12(3)13-8-6-7-9-14(13)18-16(21)15-10-11(2)19-20(15)4/h6-10,12,17H,5H2,1-4H3,(H,18,21). The predicted octanol–water partition coefficient (Wildman–Crippen LogP) is 2.65. The summed E-state index contributed by atoms with van der Waals surface area (Å²) in [6, 6.07) is 9.81. The smallest absolute Gasteiger partial charge is 0.273 e. The second kappa shape index (κ2) is 6.54. The highest BCUT2D eigenvalue weighted by Gasteiger charge is 2.15. The molecule has 0 saturated heterocycles. The van der Waals surface area contributed by atoms with Crippen molar-refractivity contribution < 1.29 is 4.79 Å². The fraction of sp³-hybridized carbons (Fsp3) is 0.375. The number of nitrogens with one attached hydrogen (secondary N) is 2. The molecule has 0 saturated carbocycles. The maximum Gasteiger partial charge on any atom is 0.273 e. The number of hydrogen-bond acceptors (Lipinski definition) is 3. The number of anilines is 1. The van der Waals surface area contributed by atoms with Gasteiger partial charge in [0.25, 0.3) is 5.91 Å². The van der Waals surface area contributed by atoms with Gasteiger partial charge in [0.1, 0.15) is 5.69 Å². The van der Waals surface area contributed by atoms with Gasteiger partial charge < -0.3 is 10.6 Å². The minimum absolute atomic E-state index is 0.144. The molecule has 1 atom stereocenters. The van der Waals surface area contributed by atoms with Gasteiger partial charge in [0.2, 0.25) is 0 Å². The van der Waals surface area contributed by atoms with Crippen LogP contribution < -0.4 is 10.6 Å². The van der Waals surface area contributed by atoms with Crippen molar-refractivity contribution in [2.45, 2.75) is 26.8 Å². The maximum absolute atomic E-state index is 12.4. The molecule has 1 amide bonds. The van der Waals surface area contributed by atoms with Crippen LogP contribution in [0.1, 0.15) is 41.6 Å². The monoisotopic (exact) mass is 286 g/mol. The molecule has 1 heterocycles. The summed E-state index contributed by atoms with van der Waals surface area (Å²) in [7, 11) is 1.77. The van der Waals surface area contributed by atoms with Crippen molar-refractivity contribution in [2.24, 2.45) is 7.05 Å². The molecule has 112 valence electrons. The lowest BCUT2D eigenvalue weighted by atomic mass is 10.1. The average Bonchev–Trinajstić information content (AvgIpc) is 2.78. The zero-order chi connectivity index (χ0) is 15.4. The van der Waals surface area contributed by atoms with Crippen LogP contribution in [0, 0.1) is 6.92 Å².